The van der Waals surface area contributed by atoms with Crippen molar-refractivity contribution in [2.24, 2.45) is 0 Å². The van der Waals surface area contributed by atoms with Gasteiger partial charge in [-0.05, 0) is 12.2 Å². The molecular weight excluding hydrogens is 316 g/mol. The molecule has 0 aliphatic rings. The minimum absolute atomic E-state index is 0.233. The van der Waals surface area contributed by atoms with Gasteiger partial charge in [0.05, 0.1) is 5.69 Å². The van der Waals surface area contributed by atoms with Gasteiger partial charge in [0, 0.05) is 11.8 Å². The number of hydrogen-bond donors (Lipinski definition) is 2. The molecule has 0 fully saturated rings. The van der Waals surface area contributed by atoms with Crippen LogP contribution < -0.4 is 10.9 Å². The van der Waals surface area contributed by atoms with E-state index < -0.39 is 12.0 Å². The van der Waals surface area contributed by atoms with Crippen molar-refractivity contribution < 1.29 is 14.7 Å². The van der Waals surface area contributed by atoms with Gasteiger partial charge in [-0.3, -0.25) is 9.59 Å². The molecule has 0 aliphatic carbocycles. The molecular formula is C11H12N4O4S2. The van der Waals surface area contributed by atoms with Crippen molar-refractivity contribution in [3.63, 3.8) is 0 Å². The first-order chi connectivity index (χ1) is 10.1. The Bertz CT molecular complexity index is 699. The number of nitrogens with one attached hydrogen (secondary N) is 1. The Morgan fingerprint density at radius 1 is 1.62 bits per heavy atom. The van der Waals surface area contributed by atoms with Crippen LogP contribution in [-0.4, -0.2) is 43.9 Å². The van der Waals surface area contributed by atoms with Gasteiger partial charge in [-0.1, -0.05) is 11.3 Å². The monoisotopic (exact) mass is 328 g/mol. The maximum atomic E-state index is 11.7. The second kappa shape index (κ2) is 7.18. The van der Waals surface area contributed by atoms with Gasteiger partial charge in [-0.25, -0.2) is 9.78 Å². The molecule has 0 aromatic carbocycles. The molecule has 112 valence electrons. The average molecular weight is 328 g/mol. The molecule has 2 aromatic rings. The van der Waals surface area contributed by atoms with Crippen molar-refractivity contribution in [1.82, 2.24) is 19.9 Å². The van der Waals surface area contributed by atoms with Gasteiger partial charge in [-0.2, -0.15) is 21.4 Å². The summed E-state index contributed by atoms with van der Waals surface area (Å²) in [6.45, 7) is 0. The minimum atomic E-state index is -1.06. The lowest BCUT2D eigenvalue weighted by Crippen LogP contribution is -2.36. The van der Waals surface area contributed by atoms with Crippen molar-refractivity contribution in [3.05, 3.63) is 27.6 Å². The van der Waals surface area contributed by atoms with Crippen LogP contribution >= 0.6 is 23.1 Å². The molecule has 10 heteroatoms. The summed E-state index contributed by atoms with van der Waals surface area (Å²) in [6.07, 6.45) is 0.685. The highest BCUT2D eigenvalue weighted by Gasteiger charge is 2.15. The van der Waals surface area contributed by atoms with E-state index in [1.165, 1.54) is 33.7 Å². The fourth-order valence-corrected chi connectivity index (χ4v) is 3.16. The Labute approximate surface area is 127 Å². The predicted molar refractivity (Wildman–Crippen MR) is 78.5 cm³/mol. The first-order valence-corrected chi connectivity index (χ1v) is 7.98. The third kappa shape index (κ3) is 4.02. The Balaban J connectivity index is 1.88. The molecule has 0 radical (unpaired) electrons. The van der Waals surface area contributed by atoms with Gasteiger partial charge in [0.2, 0.25) is 11.4 Å². The van der Waals surface area contributed by atoms with Crippen LogP contribution in [0.5, 0.6) is 0 Å². The number of rotatable bonds is 8. The summed E-state index contributed by atoms with van der Waals surface area (Å²) in [4.78, 5) is 37.6. The summed E-state index contributed by atoms with van der Waals surface area (Å²) in [5.41, 5.74) is 1.94. The third-order valence-electron chi connectivity index (χ3n) is 2.61. The first-order valence-electron chi connectivity index (χ1n) is 5.94. The summed E-state index contributed by atoms with van der Waals surface area (Å²) in [5.74, 6) is -0.0383. The zero-order valence-electron chi connectivity index (χ0n) is 10.8. The van der Waals surface area contributed by atoms with Crippen molar-refractivity contribution in [3.8, 4) is 0 Å². The van der Waals surface area contributed by atoms with Crippen molar-refractivity contribution in [2.75, 3.05) is 5.75 Å². The molecule has 0 aliphatic heterocycles. The molecule has 1 atom stereocenters. The molecule has 0 saturated heterocycles. The maximum Gasteiger partial charge on any atom is 0.326 e. The largest absolute Gasteiger partial charge is 0.480 e. The SMILES string of the molecule is O=CNC(CCSCc1cc(=O)n2ncsc2n1)C(=O)O. The average Bonchev–Trinajstić information content (AvgIpc) is 2.91. The smallest absolute Gasteiger partial charge is 0.326 e. The lowest BCUT2D eigenvalue weighted by atomic mass is 10.2. The summed E-state index contributed by atoms with van der Waals surface area (Å²) in [7, 11) is 0. The summed E-state index contributed by atoms with van der Waals surface area (Å²) >= 11 is 2.73. The van der Waals surface area contributed by atoms with Crippen LogP contribution in [0.4, 0.5) is 0 Å². The van der Waals surface area contributed by atoms with E-state index >= 15 is 0 Å². The highest BCUT2D eigenvalue weighted by atomic mass is 32.2. The summed E-state index contributed by atoms with van der Waals surface area (Å²) in [6, 6.07) is 0.524. The van der Waals surface area contributed by atoms with Crippen LogP contribution in [0.3, 0.4) is 0 Å². The van der Waals surface area contributed by atoms with Gasteiger partial charge < -0.3 is 10.4 Å². The number of aliphatic carboxylic acids is 1. The Morgan fingerprint density at radius 2 is 2.43 bits per heavy atom. The summed E-state index contributed by atoms with van der Waals surface area (Å²) < 4.78 is 1.23. The van der Waals surface area contributed by atoms with Crippen LogP contribution in [-0.2, 0) is 15.3 Å². The van der Waals surface area contributed by atoms with Crippen LogP contribution in [0.25, 0.3) is 4.96 Å². The second-order valence-corrected chi connectivity index (χ2v) is 5.95. The number of carboxylic acids is 1. The number of carbonyl (C=O) groups excluding carboxylic acids is 1. The number of amides is 1. The number of aromatic nitrogens is 3. The highest BCUT2D eigenvalue weighted by molar-refractivity contribution is 7.98. The fourth-order valence-electron chi connectivity index (χ4n) is 1.61. The molecule has 0 bridgehead atoms. The van der Waals surface area contributed by atoms with Gasteiger partial charge in [0.1, 0.15) is 11.6 Å². The molecule has 1 unspecified atom stereocenters. The van der Waals surface area contributed by atoms with Crippen LogP contribution in [0, 0.1) is 0 Å². The lowest BCUT2D eigenvalue weighted by Gasteiger charge is -2.10. The van der Waals surface area contributed by atoms with Crippen LogP contribution in [0.15, 0.2) is 16.4 Å². The first kappa shape index (κ1) is 15.4. The normalized spacial score (nSPS) is 12.2. The van der Waals surface area contributed by atoms with Crippen molar-refractivity contribution in [1.29, 1.82) is 0 Å². The number of hydrogen-bond acceptors (Lipinski definition) is 7. The minimum Gasteiger partial charge on any atom is -0.480 e. The zero-order valence-corrected chi connectivity index (χ0v) is 12.4. The molecule has 0 saturated carbocycles. The number of fused-ring (bicyclic) bond motifs is 1. The maximum absolute atomic E-state index is 11.7. The highest BCUT2D eigenvalue weighted by Crippen LogP contribution is 2.13. The van der Waals surface area contributed by atoms with Gasteiger partial charge in [-0.15, -0.1) is 0 Å². The van der Waals surface area contributed by atoms with E-state index in [1.807, 2.05) is 0 Å². The Morgan fingerprint density at radius 3 is 3.14 bits per heavy atom. The summed E-state index contributed by atoms with van der Waals surface area (Å²) in [5, 5.41) is 15.0. The van der Waals surface area contributed by atoms with Gasteiger partial charge in [0.25, 0.3) is 5.56 Å². The second-order valence-electron chi connectivity index (χ2n) is 4.04. The fraction of sp³-hybridized carbons (Fsp3) is 0.364. The van der Waals surface area contributed by atoms with E-state index in [1.54, 1.807) is 5.51 Å². The van der Waals surface area contributed by atoms with E-state index in [9.17, 15) is 14.4 Å². The predicted octanol–water partition coefficient (Wildman–Crippen LogP) is -0.0265. The molecule has 21 heavy (non-hydrogen) atoms. The van der Waals surface area contributed by atoms with Crippen molar-refractivity contribution >= 4 is 40.4 Å². The third-order valence-corrected chi connectivity index (χ3v) is 4.31. The quantitative estimate of drug-likeness (QED) is 0.517. The van der Waals surface area contributed by atoms with E-state index in [2.05, 4.69) is 15.4 Å². The molecule has 0 spiro atoms. The molecule has 1 amide bonds. The van der Waals surface area contributed by atoms with E-state index in [4.69, 9.17) is 5.11 Å². The number of nitrogens with zero attached hydrogens (tertiary/aromatic N) is 3. The zero-order chi connectivity index (χ0) is 15.2. The number of thioether (sulfide) groups is 1. The van der Waals surface area contributed by atoms with E-state index in [0.717, 1.165) is 0 Å². The Hall–Kier alpha value is -1.94. The molecule has 2 rings (SSSR count). The molecule has 2 heterocycles. The molecule has 2 aromatic heterocycles. The molecule has 8 nitrogen and oxygen atoms in total. The van der Waals surface area contributed by atoms with Crippen molar-refractivity contribution in [2.45, 2.75) is 18.2 Å². The van der Waals surface area contributed by atoms with Crippen LogP contribution in [0.2, 0.25) is 0 Å². The Kier molecular flexibility index (Phi) is 5.28. The van der Waals surface area contributed by atoms with Gasteiger partial charge >= 0.3 is 5.97 Å². The standard InChI is InChI=1S/C11H12N4O4S2/c16-5-12-8(10(18)19)1-2-20-4-7-3-9(17)15-11(14-7)21-6-13-15/h3,5-6,8H,1-2,4H2,(H,12,16)(H,18,19). The number of carboxylic acid groups (broad SMARTS) is 1. The van der Waals surface area contributed by atoms with Crippen LogP contribution in [0.1, 0.15) is 12.1 Å². The lowest BCUT2D eigenvalue weighted by molar-refractivity contribution is -0.140. The number of carbonyl (C=O) groups is 2. The van der Waals surface area contributed by atoms with E-state index in [0.29, 0.717) is 35.0 Å². The topological polar surface area (TPSA) is 114 Å². The van der Waals surface area contributed by atoms with Gasteiger partial charge in [0.15, 0.2) is 0 Å². The molecule has 2 N–H and O–H groups in total. The van der Waals surface area contributed by atoms with E-state index in [-0.39, 0.29) is 5.56 Å².